The first-order valence-corrected chi connectivity index (χ1v) is 6.25. The van der Waals surface area contributed by atoms with Crippen molar-refractivity contribution in [1.29, 1.82) is 0 Å². The van der Waals surface area contributed by atoms with Gasteiger partial charge in [-0.15, -0.1) is 0 Å². The Morgan fingerprint density at radius 1 is 1.10 bits per heavy atom. The summed E-state index contributed by atoms with van der Waals surface area (Å²) < 4.78 is 5.63. The number of aryl methyl sites for hydroxylation is 1. The van der Waals surface area contributed by atoms with Crippen LogP contribution in [0.1, 0.15) is 27.0 Å². The average molecular weight is 272 g/mol. The lowest BCUT2D eigenvalue weighted by Crippen LogP contribution is -2.01. The zero-order valence-corrected chi connectivity index (χ0v) is 11.2. The van der Waals surface area contributed by atoms with Crippen molar-refractivity contribution in [3.8, 4) is 5.75 Å². The number of hydrogen-bond acceptors (Lipinski definition) is 3. The van der Waals surface area contributed by atoms with E-state index in [1.165, 1.54) is 0 Å². The summed E-state index contributed by atoms with van der Waals surface area (Å²) >= 11 is 0. The van der Waals surface area contributed by atoms with Gasteiger partial charge in [-0.05, 0) is 41.8 Å². The van der Waals surface area contributed by atoms with Crippen LogP contribution in [0.4, 0.5) is 0 Å². The van der Waals surface area contributed by atoms with Crippen LogP contribution in [0.15, 0.2) is 42.5 Å². The molecule has 4 heteroatoms. The number of benzene rings is 2. The molecule has 2 rings (SSSR count). The van der Waals surface area contributed by atoms with E-state index in [9.17, 15) is 4.79 Å². The number of rotatable bonds is 5. The second-order valence-electron chi connectivity index (χ2n) is 4.55. The van der Waals surface area contributed by atoms with E-state index >= 15 is 0 Å². The van der Waals surface area contributed by atoms with Crippen LogP contribution in [0.3, 0.4) is 0 Å². The lowest BCUT2D eigenvalue weighted by Gasteiger charge is -2.09. The first kappa shape index (κ1) is 14.1. The van der Waals surface area contributed by atoms with Crippen LogP contribution in [0, 0.1) is 6.92 Å². The summed E-state index contributed by atoms with van der Waals surface area (Å²) in [6.45, 7) is 2.17. The molecule has 0 bridgehead atoms. The number of carbonyl (C=O) groups is 1. The number of hydrogen-bond donors (Lipinski definition) is 2. The van der Waals surface area contributed by atoms with Crippen LogP contribution < -0.4 is 4.74 Å². The summed E-state index contributed by atoms with van der Waals surface area (Å²) in [7, 11) is 0. The van der Waals surface area contributed by atoms with Gasteiger partial charge in [-0.1, -0.05) is 24.3 Å². The van der Waals surface area contributed by atoms with Crippen LogP contribution in [0.2, 0.25) is 0 Å². The van der Waals surface area contributed by atoms with Crippen LogP contribution in [-0.4, -0.2) is 16.2 Å². The second-order valence-corrected chi connectivity index (χ2v) is 4.55. The molecular formula is C16H16O4. The predicted octanol–water partition coefficient (Wildman–Crippen LogP) is 2.76. The minimum Gasteiger partial charge on any atom is -0.489 e. The molecule has 0 aliphatic rings. The summed E-state index contributed by atoms with van der Waals surface area (Å²) in [6.07, 6.45) is 0. The molecular weight excluding hydrogens is 256 g/mol. The summed E-state index contributed by atoms with van der Waals surface area (Å²) in [4.78, 5) is 10.9. The van der Waals surface area contributed by atoms with Crippen LogP contribution in [-0.2, 0) is 13.2 Å². The third-order valence-electron chi connectivity index (χ3n) is 3.04. The lowest BCUT2D eigenvalue weighted by molar-refractivity contribution is 0.0696. The molecule has 2 N–H and O–H groups in total. The van der Waals surface area contributed by atoms with E-state index in [0.717, 1.165) is 11.1 Å². The van der Waals surface area contributed by atoms with Gasteiger partial charge in [-0.3, -0.25) is 0 Å². The average Bonchev–Trinajstić information content (AvgIpc) is 2.45. The van der Waals surface area contributed by atoms with Crippen molar-refractivity contribution in [2.45, 2.75) is 20.1 Å². The molecule has 0 aromatic heterocycles. The maximum Gasteiger partial charge on any atom is 0.335 e. The highest BCUT2D eigenvalue weighted by molar-refractivity contribution is 5.89. The van der Waals surface area contributed by atoms with Gasteiger partial charge in [0.2, 0.25) is 0 Å². The maximum absolute atomic E-state index is 10.9. The van der Waals surface area contributed by atoms with Gasteiger partial charge in [0.15, 0.2) is 0 Å². The van der Waals surface area contributed by atoms with Gasteiger partial charge < -0.3 is 14.9 Å². The molecule has 0 unspecified atom stereocenters. The van der Waals surface area contributed by atoms with E-state index in [0.29, 0.717) is 17.9 Å². The Hall–Kier alpha value is -2.33. The van der Waals surface area contributed by atoms with E-state index in [2.05, 4.69) is 0 Å². The molecule has 0 heterocycles. The number of aromatic carboxylic acids is 1. The van der Waals surface area contributed by atoms with Crippen LogP contribution >= 0.6 is 0 Å². The Bertz CT molecular complexity index is 602. The molecule has 0 aliphatic carbocycles. The largest absolute Gasteiger partial charge is 0.489 e. The standard InChI is InChI=1S/C16H16O4/c1-11-8-14(6-7-15(11)16(18)19)20-10-13-4-2-12(9-17)3-5-13/h2-8,17H,9-10H2,1H3,(H,18,19). The molecule has 0 saturated carbocycles. The molecule has 104 valence electrons. The monoisotopic (exact) mass is 272 g/mol. The first-order valence-electron chi connectivity index (χ1n) is 6.25. The van der Waals surface area contributed by atoms with Crippen molar-refractivity contribution in [1.82, 2.24) is 0 Å². The third kappa shape index (κ3) is 3.36. The van der Waals surface area contributed by atoms with Crippen molar-refractivity contribution in [3.05, 3.63) is 64.7 Å². The first-order chi connectivity index (χ1) is 9.60. The van der Waals surface area contributed by atoms with Crippen LogP contribution in [0.25, 0.3) is 0 Å². The van der Waals surface area contributed by atoms with Crippen molar-refractivity contribution in [3.63, 3.8) is 0 Å². The Kier molecular flexibility index (Phi) is 4.38. The van der Waals surface area contributed by atoms with Crippen molar-refractivity contribution >= 4 is 5.97 Å². The quantitative estimate of drug-likeness (QED) is 0.878. The van der Waals surface area contributed by atoms with Gasteiger partial charge in [-0.25, -0.2) is 4.79 Å². The fraction of sp³-hybridized carbons (Fsp3) is 0.188. The molecule has 4 nitrogen and oxygen atoms in total. The highest BCUT2D eigenvalue weighted by atomic mass is 16.5. The summed E-state index contributed by atoms with van der Waals surface area (Å²) in [5.41, 5.74) is 2.80. The Morgan fingerprint density at radius 3 is 2.30 bits per heavy atom. The van der Waals surface area contributed by atoms with E-state index in [1.807, 2.05) is 24.3 Å². The minimum absolute atomic E-state index is 0.0248. The van der Waals surface area contributed by atoms with Gasteiger partial charge in [0.05, 0.1) is 12.2 Å². The van der Waals surface area contributed by atoms with Crippen molar-refractivity contribution < 1.29 is 19.7 Å². The third-order valence-corrected chi connectivity index (χ3v) is 3.04. The summed E-state index contributed by atoms with van der Waals surface area (Å²) in [5, 5.41) is 17.9. The number of ether oxygens (including phenoxy) is 1. The van der Waals surface area contributed by atoms with Gasteiger partial charge >= 0.3 is 5.97 Å². The lowest BCUT2D eigenvalue weighted by atomic mass is 10.1. The Balaban J connectivity index is 2.03. The SMILES string of the molecule is Cc1cc(OCc2ccc(CO)cc2)ccc1C(=O)O. The van der Waals surface area contributed by atoms with E-state index in [1.54, 1.807) is 25.1 Å². The topological polar surface area (TPSA) is 66.8 Å². The minimum atomic E-state index is -0.936. The zero-order valence-electron chi connectivity index (χ0n) is 11.2. The molecule has 2 aromatic carbocycles. The molecule has 0 radical (unpaired) electrons. The number of carboxylic acids is 1. The molecule has 20 heavy (non-hydrogen) atoms. The summed E-state index contributed by atoms with van der Waals surface area (Å²) in [6, 6.07) is 12.4. The van der Waals surface area contributed by atoms with Crippen LogP contribution in [0.5, 0.6) is 5.75 Å². The number of carboxylic acid groups (broad SMARTS) is 1. The molecule has 2 aromatic rings. The second kappa shape index (κ2) is 6.21. The van der Waals surface area contributed by atoms with E-state index in [-0.39, 0.29) is 12.2 Å². The summed E-state index contributed by atoms with van der Waals surface area (Å²) in [5.74, 6) is -0.299. The van der Waals surface area contributed by atoms with Gasteiger partial charge in [-0.2, -0.15) is 0 Å². The molecule has 0 saturated heterocycles. The highest BCUT2D eigenvalue weighted by Gasteiger charge is 2.07. The number of aliphatic hydroxyl groups excluding tert-OH is 1. The molecule has 0 fully saturated rings. The highest BCUT2D eigenvalue weighted by Crippen LogP contribution is 2.18. The fourth-order valence-electron chi connectivity index (χ4n) is 1.87. The molecule has 0 spiro atoms. The van der Waals surface area contributed by atoms with Crippen molar-refractivity contribution in [2.75, 3.05) is 0 Å². The van der Waals surface area contributed by atoms with Crippen molar-refractivity contribution in [2.24, 2.45) is 0 Å². The van der Waals surface area contributed by atoms with Gasteiger partial charge in [0.25, 0.3) is 0 Å². The maximum atomic E-state index is 10.9. The van der Waals surface area contributed by atoms with Gasteiger partial charge in [0, 0.05) is 0 Å². The molecule has 0 amide bonds. The normalized spacial score (nSPS) is 10.3. The zero-order chi connectivity index (χ0) is 14.5. The fourth-order valence-corrected chi connectivity index (χ4v) is 1.87. The molecule has 0 atom stereocenters. The van der Waals surface area contributed by atoms with E-state index < -0.39 is 5.97 Å². The Morgan fingerprint density at radius 2 is 1.75 bits per heavy atom. The Labute approximate surface area is 117 Å². The van der Waals surface area contributed by atoms with Gasteiger partial charge in [0.1, 0.15) is 12.4 Å². The number of aliphatic hydroxyl groups is 1. The molecule has 0 aliphatic heterocycles. The smallest absolute Gasteiger partial charge is 0.335 e. The van der Waals surface area contributed by atoms with E-state index in [4.69, 9.17) is 14.9 Å². The predicted molar refractivity (Wildman–Crippen MR) is 74.8 cm³/mol.